The first-order valence-corrected chi connectivity index (χ1v) is 5.36. The number of hydrogen-bond donors (Lipinski definition) is 1. The highest BCUT2D eigenvalue weighted by Crippen LogP contribution is 2.39. The van der Waals surface area contributed by atoms with Gasteiger partial charge < -0.3 is 9.90 Å². The van der Waals surface area contributed by atoms with Crippen molar-refractivity contribution in [2.45, 2.75) is 45.4 Å². The highest BCUT2D eigenvalue weighted by Gasteiger charge is 2.36. The minimum Gasteiger partial charge on any atom is -0.395 e. The summed E-state index contributed by atoms with van der Waals surface area (Å²) in [6.45, 7) is 2.02. The lowest BCUT2D eigenvalue weighted by molar-refractivity contribution is -0.123. The van der Waals surface area contributed by atoms with Crippen molar-refractivity contribution in [3.8, 4) is 0 Å². The van der Waals surface area contributed by atoms with Gasteiger partial charge in [-0.15, -0.1) is 0 Å². The van der Waals surface area contributed by atoms with Gasteiger partial charge in [0.05, 0.1) is 12.0 Å². The molecule has 2 heteroatoms. The summed E-state index contributed by atoms with van der Waals surface area (Å²) in [6.07, 6.45) is 7.74. The highest BCUT2D eigenvalue weighted by molar-refractivity contribution is 5.60. The van der Waals surface area contributed by atoms with Gasteiger partial charge in [-0.1, -0.05) is 26.2 Å². The number of carbonyl (C=O) groups excluding carboxylic acids is 1. The minimum absolute atomic E-state index is 0.0255. The number of aliphatic hydroxyl groups excluding tert-OH is 1. The first-order valence-electron chi connectivity index (χ1n) is 5.36. The Morgan fingerprint density at radius 3 is 2.38 bits per heavy atom. The normalized spacial score (nSPS) is 23.8. The number of rotatable bonds is 4. The lowest BCUT2D eigenvalue weighted by Gasteiger charge is -2.36. The molecule has 0 amide bonds. The van der Waals surface area contributed by atoms with E-state index in [4.69, 9.17) is 0 Å². The molecule has 1 aliphatic carbocycles. The molecule has 1 N–H and O–H groups in total. The Labute approximate surface area is 80.3 Å². The summed E-state index contributed by atoms with van der Waals surface area (Å²) in [4.78, 5) is 11.0. The summed E-state index contributed by atoms with van der Waals surface area (Å²) in [5.41, 5.74) is -0.430. The molecule has 1 unspecified atom stereocenters. The predicted octanol–water partition coefficient (Wildman–Crippen LogP) is 2.15. The van der Waals surface area contributed by atoms with Crippen molar-refractivity contribution in [3.05, 3.63) is 0 Å². The summed E-state index contributed by atoms with van der Waals surface area (Å²) < 4.78 is 0. The molecule has 1 saturated carbocycles. The van der Waals surface area contributed by atoms with E-state index in [2.05, 4.69) is 0 Å². The summed E-state index contributed by atoms with van der Waals surface area (Å²) in [7, 11) is 0. The van der Waals surface area contributed by atoms with Crippen LogP contribution in [0.1, 0.15) is 45.4 Å². The number of aldehydes is 1. The van der Waals surface area contributed by atoms with Gasteiger partial charge in [-0.3, -0.25) is 0 Å². The molecule has 76 valence electrons. The van der Waals surface area contributed by atoms with Crippen molar-refractivity contribution in [1.82, 2.24) is 0 Å². The van der Waals surface area contributed by atoms with Crippen molar-refractivity contribution in [2.75, 3.05) is 6.61 Å². The van der Waals surface area contributed by atoms with Crippen molar-refractivity contribution < 1.29 is 9.90 Å². The first-order chi connectivity index (χ1) is 6.29. The summed E-state index contributed by atoms with van der Waals surface area (Å²) in [5, 5.41) is 9.30. The third kappa shape index (κ3) is 2.11. The molecule has 0 spiro atoms. The van der Waals surface area contributed by atoms with Crippen LogP contribution >= 0.6 is 0 Å². The van der Waals surface area contributed by atoms with Crippen molar-refractivity contribution in [1.29, 1.82) is 0 Å². The Bertz CT molecular complexity index is 155. The maximum absolute atomic E-state index is 11.0. The van der Waals surface area contributed by atoms with Crippen LogP contribution in [0.4, 0.5) is 0 Å². The lowest BCUT2D eigenvalue weighted by atomic mass is 9.68. The van der Waals surface area contributed by atoms with Crippen LogP contribution in [0.5, 0.6) is 0 Å². The highest BCUT2D eigenvalue weighted by atomic mass is 16.3. The Balaban J connectivity index is 2.66. The molecular weight excluding hydrogens is 164 g/mol. The van der Waals surface area contributed by atoms with E-state index < -0.39 is 5.41 Å². The Morgan fingerprint density at radius 2 is 2.00 bits per heavy atom. The average molecular weight is 184 g/mol. The van der Waals surface area contributed by atoms with Gasteiger partial charge >= 0.3 is 0 Å². The molecule has 0 saturated heterocycles. The Morgan fingerprint density at radius 1 is 1.38 bits per heavy atom. The zero-order chi connectivity index (χ0) is 9.73. The molecule has 1 rings (SSSR count). The van der Waals surface area contributed by atoms with E-state index in [-0.39, 0.29) is 6.61 Å². The summed E-state index contributed by atoms with van der Waals surface area (Å²) >= 11 is 0. The Kier molecular flexibility index (Phi) is 3.91. The van der Waals surface area contributed by atoms with Crippen LogP contribution in [0, 0.1) is 11.3 Å². The van der Waals surface area contributed by atoms with Gasteiger partial charge in [-0.25, -0.2) is 0 Å². The van der Waals surface area contributed by atoms with Crippen LogP contribution in [0.15, 0.2) is 0 Å². The zero-order valence-electron chi connectivity index (χ0n) is 8.46. The fraction of sp³-hybridized carbons (Fsp3) is 0.909. The second-order valence-electron chi connectivity index (χ2n) is 4.20. The molecule has 0 aromatic rings. The van der Waals surface area contributed by atoms with Crippen molar-refractivity contribution in [3.63, 3.8) is 0 Å². The van der Waals surface area contributed by atoms with Crippen LogP contribution < -0.4 is 0 Å². The number of hydrogen-bond acceptors (Lipinski definition) is 2. The van der Waals surface area contributed by atoms with Gasteiger partial charge in [0.25, 0.3) is 0 Å². The third-order valence-corrected chi connectivity index (χ3v) is 3.61. The zero-order valence-corrected chi connectivity index (χ0v) is 8.46. The number of carbonyl (C=O) groups is 1. The van der Waals surface area contributed by atoms with Crippen LogP contribution in [0.25, 0.3) is 0 Å². The van der Waals surface area contributed by atoms with Crippen LogP contribution in [0.2, 0.25) is 0 Å². The molecule has 1 atom stereocenters. The third-order valence-electron chi connectivity index (χ3n) is 3.61. The van der Waals surface area contributed by atoms with Gasteiger partial charge in [0.2, 0.25) is 0 Å². The van der Waals surface area contributed by atoms with Crippen molar-refractivity contribution >= 4 is 6.29 Å². The summed E-state index contributed by atoms with van der Waals surface area (Å²) in [5.74, 6) is 0.425. The predicted molar refractivity (Wildman–Crippen MR) is 52.4 cm³/mol. The monoisotopic (exact) mass is 184 g/mol. The van der Waals surface area contributed by atoms with Gasteiger partial charge in [0, 0.05) is 0 Å². The lowest BCUT2D eigenvalue weighted by Crippen LogP contribution is -2.36. The van der Waals surface area contributed by atoms with E-state index in [1.54, 1.807) is 0 Å². The van der Waals surface area contributed by atoms with E-state index >= 15 is 0 Å². The van der Waals surface area contributed by atoms with Gasteiger partial charge in [0.15, 0.2) is 0 Å². The largest absolute Gasteiger partial charge is 0.395 e. The maximum atomic E-state index is 11.0. The molecule has 1 aliphatic rings. The van der Waals surface area contributed by atoms with Crippen LogP contribution in [-0.4, -0.2) is 18.0 Å². The molecule has 0 aromatic heterocycles. The quantitative estimate of drug-likeness (QED) is 0.680. The van der Waals surface area contributed by atoms with Gasteiger partial charge in [0.1, 0.15) is 6.29 Å². The molecule has 13 heavy (non-hydrogen) atoms. The molecule has 0 aliphatic heterocycles. The molecule has 2 nitrogen and oxygen atoms in total. The standard InChI is InChI=1S/C11H20O2/c1-2-11(8-12,9-13)10-6-4-3-5-7-10/h8,10,13H,2-7,9H2,1H3. The SMILES string of the molecule is CCC(C=O)(CO)C1CCCCC1. The molecule has 1 fully saturated rings. The summed E-state index contributed by atoms with van der Waals surface area (Å²) in [6, 6.07) is 0. The second kappa shape index (κ2) is 4.75. The van der Waals surface area contributed by atoms with E-state index in [1.165, 1.54) is 19.3 Å². The van der Waals surface area contributed by atoms with Crippen molar-refractivity contribution in [2.24, 2.45) is 11.3 Å². The van der Waals surface area contributed by atoms with Gasteiger partial charge in [-0.05, 0) is 25.2 Å². The van der Waals surface area contributed by atoms with Gasteiger partial charge in [-0.2, -0.15) is 0 Å². The molecule has 0 bridgehead atoms. The second-order valence-corrected chi connectivity index (χ2v) is 4.20. The van der Waals surface area contributed by atoms with E-state index in [0.29, 0.717) is 5.92 Å². The molecular formula is C11H20O2. The van der Waals surface area contributed by atoms with E-state index in [9.17, 15) is 9.90 Å². The smallest absolute Gasteiger partial charge is 0.128 e. The average Bonchev–Trinajstić information content (AvgIpc) is 2.23. The first kappa shape index (κ1) is 10.7. The number of aliphatic hydroxyl groups is 1. The van der Waals surface area contributed by atoms with Crippen LogP contribution in [0.3, 0.4) is 0 Å². The van der Waals surface area contributed by atoms with E-state index in [1.807, 2.05) is 6.92 Å². The molecule has 0 radical (unpaired) electrons. The van der Waals surface area contributed by atoms with Crippen LogP contribution in [-0.2, 0) is 4.79 Å². The molecule has 0 heterocycles. The topological polar surface area (TPSA) is 37.3 Å². The van der Waals surface area contributed by atoms with E-state index in [0.717, 1.165) is 25.5 Å². The Hall–Kier alpha value is -0.370. The minimum atomic E-state index is -0.430. The molecule has 0 aromatic carbocycles. The fourth-order valence-corrected chi connectivity index (χ4v) is 2.42. The fourth-order valence-electron chi connectivity index (χ4n) is 2.42. The maximum Gasteiger partial charge on any atom is 0.128 e.